The monoisotopic (exact) mass is 2010 g/mol. The summed E-state index contributed by atoms with van der Waals surface area (Å²) in [5, 5.41) is 27.9. The molecule has 12 saturated heterocycles. The minimum absolute atomic E-state index is 0.00935. The zero-order chi connectivity index (χ0) is 97.6. The maximum atomic E-state index is 14.3. The fourth-order valence-electron chi connectivity index (χ4n) is 25.2. The van der Waals surface area contributed by atoms with E-state index in [-0.39, 0.29) is 85.4 Å². The van der Waals surface area contributed by atoms with Gasteiger partial charge in [-0.1, -0.05) is 60.7 Å². The molecule has 25 rings (SSSR count). The number of rotatable bonds is 12. The van der Waals surface area contributed by atoms with Gasteiger partial charge in [0, 0.05) is 226 Å². The molecule has 13 aliphatic rings. The Bertz CT molecular complexity index is 7350. The Morgan fingerprint density at radius 2 is 0.748 bits per heavy atom. The number of fused-ring (bicyclic) bond motifs is 13. The predicted octanol–water partition coefficient (Wildman–Crippen LogP) is 9.45. The number of nitrogens with zero attached hydrogens (tertiary/aromatic N) is 10. The third-order valence-electron chi connectivity index (χ3n) is 32.3. The minimum atomic E-state index is -3.90. The van der Waals surface area contributed by atoms with Gasteiger partial charge in [0.15, 0.2) is 0 Å². The number of sulfonamides is 6. The molecule has 139 heavy (non-hydrogen) atoms. The van der Waals surface area contributed by atoms with Crippen molar-refractivity contribution in [2.24, 2.45) is 41.4 Å². The van der Waals surface area contributed by atoms with Crippen LogP contribution in [0.4, 0.5) is 4.39 Å². The van der Waals surface area contributed by atoms with Gasteiger partial charge in [-0.05, 0) is 259 Å². The molecule has 6 aromatic heterocycles. The zero-order valence-electron chi connectivity index (χ0n) is 78.8. The number of aromatic nitrogens is 6. The van der Waals surface area contributed by atoms with Crippen LogP contribution in [0.15, 0.2) is 234 Å². The maximum Gasteiger partial charge on any atom is 0.256 e. The van der Waals surface area contributed by atoms with Gasteiger partial charge in [0.1, 0.15) is 5.82 Å². The third kappa shape index (κ3) is 16.8. The topological polar surface area (TPSA) is 414 Å². The maximum absolute atomic E-state index is 14.3. The zero-order valence-corrected chi connectivity index (χ0v) is 83.7. The molecule has 15 atom stereocenters. The van der Waals surface area contributed by atoms with Crippen molar-refractivity contribution in [2.45, 2.75) is 195 Å². The van der Waals surface area contributed by atoms with Crippen LogP contribution in [0.3, 0.4) is 0 Å². The van der Waals surface area contributed by atoms with Gasteiger partial charge in [0.2, 0.25) is 60.1 Å². The molecule has 13 fully saturated rings. The summed E-state index contributed by atoms with van der Waals surface area (Å²) in [5.41, 5.74) is -0.845. The van der Waals surface area contributed by atoms with E-state index in [4.69, 9.17) is 0 Å². The lowest BCUT2D eigenvalue weighted by Gasteiger charge is -2.35. The molecule has 32 nitrogen and oxygen atoms in total. The van der Waals surface area contributed by atoms with Crippen LogP contribution in [-0.2, 0) is 60.1 Å². The van der Waals surface area contributed by atoms with Crippen molar-refractivity contribution >= 4 is 125 Å². The first-order valence-corrected chi connectivity index (χ1v) is 56.8. The number of hydrogen-bond donors (Lipinski definition) is 8. The standard InChI is InChI=1S/C17H19N3O2S.3C17H21N3O2S.C16H18FN3O3S.C16H19N3O3S/c21-23(22,15-3-1-2-12-10-18-8-5-14(12)15)20-11-13-4-9-19-16(13)17(20)6-7-17;1-17(2)16-13(6-9-19-16)11-20(17)23(21,22)15-5-3-4-12-10-18-8-7-14(12)15;1-17(2)15-10-19-9-13(15)11-20(17)23(21,22)16-5-3-4-12-8-18-7-6-14(12)16;1-11-8-18-9-13-4-3-5-15(16(11)13)23(21,22)20-10-14-6-7-19-17(14)12(20)2;1-9-15-10(5-6-18-15)8-20(9)24(22,23)13-4-2-3-11-14(13)12(17)7-19-16(11)21;1-10-15-11(5-7-17-15)9-19(10)23(21,22)14-4-2-3-13-12(14)6-8-18-16(13)20/h1-3,5,8,10,13,16,19H,4,6-7,9,11H2;3-5,7-8,10,13,16,19H,6,9,11H2,1-2H3;3-8,13,15,19H,9-11H2,1-2H3;3-5,8-9,12,14,17,19H,6-7,10H2,1-2H3;2-4,7,9-10,15,18H,5-6,8H2,1H3,(H,19,21);2-4,6,8,10-11,15,17H,5,7,9H2,1H3,(H,18,20). The van der Waals surface area contributed by atoms with Gasteiger partial charge in [0.05, 0.1) is 40.3 Å². The largest absolute Gasteiger partial charge is 0.329 e. The minimum Gasteiger partial charge on any atom is -0.329 e. The van der Waals surface area contributed by atoms with Gasteiger partial charge in [0.25, 0.3) is 11.1 Å². The third-order valence-corrected chi connectivity index (χ3v) is 44.6. The van der Waals surface area contributed by atoms with Crippen molar-refractivity contribution in [1.82, 2.24) is 87.6 Å². The van der Waals surface area contributed by atoms with Crippen molar-refractivity contribution in [3.8, 4) is 0 Å². The molecule has 0 bridgehead atoms. The lowest BCUT2D eigenvalue weighted by molar-refractivity contribution is 0.233. The molecule has 0 amide bonds. The highest BCUT2D eigenvalue weighted by molar-refractivity contribution is 7.91. The Balaban J connectivity index is 0.000000103. The Hall–Kier alpha value is -9.47. The molecule has 18 heterocycles. The van der Waals surface area contributed by atoms with E-state index >= 15 is 0 Å². The number of pyridine rings is 6. The molecule has 0 radical (unpaired) electrons. The number of aromatic amines is 2. The molecule has 15 unspecified atom stereocenters. The highest BCUT2D eigenvalue weighted by atomic mass is 32.2. The van der Waals surface area contributed by atoms with Gasteiger partial charge in [-0.2, -0.15) is 25.8 Å². The van der Waals surface area contributed by atoms with Crippen LogP contribution in [0.25, 0.3) is 64.6 Å². The Morgan fingerprint density at radius 3 is 1.23 bits per heavy atom. The van der Waals surface area contributed by atoms with Gasteiger partial charge in [-0.15, -0.1) is 0 Å². The average Bonchev–Trinajstić information content (AvgIpc) is 1.52. The Kier molecular flexibility index (Phi) is 25.9. The summed E-state index contributed by atoms with van der Waals surface area (Å²) < 4.78 is 184. The lowest BCUT2D eigenvalue weighted by atomic mass is 9.85. The smallest absolute Gasteiger partial charge is 0.256 e. The van der Waals surface area contributed by atoms with Crippen LogP contribution in [0, 0.1) is 54.2 Å². The summed E-state index contributed by atoms with van der Waals surface area (Å²) >= 11 is 0. The van der Waals surface area contributed by atoms with Crippen molar-refractivity contribution in [3.05, 3.63) is 228 Å². The van der Waals surface area contributed by atoms with E-state index < -0.39 is 77.1 Å². The summed E-state index contributed by atoms with van der Waals surface area (Å²) in [4.78, 5) is 46.8. The number of hydrogen-bond acceptors (Lipinski definition) is 24. The molecule has 6 aromatic carbocycles. The van der Waals surface area contributed by atoms with E-state index in [0.717, 1.165) is 146 Å². The van der Waals surface area contributed by atoms with Crippen LogP contribution >= 0.6 is 0 Å². The summed E-state index contributed by atoms with van der Waals surface area (Å²) in [6.45, 7) is 26.0. The molecule has 1 spiro atoms. The van der Waals surface area contributed by atoms with Gasteiger partial charge in [-0.3, -0.25) is 29.5 Å². The fraction of sp³-hybridized carbons (Fsp3) is 0.460. The molecule has 39 heteroatoms. The highest BCUT2D eigenvalue weighted by Gasteiger charge is 2.66. The summed E-state index contributed by atoms with van der Waals surface area (Å²) in [6.07, 6.45) is 23.0. The van der Waals surface area contributed by atoms with Crippen LogP contribution in [0.5, 0.6) is 0 Å². The Morgan fingerprint density at radius 1 is 0.360 bits per heavy atom. The van der Waals surface area contributed by atoms with Crippen LogP contribution in [-0.4, -0.2) is 256 Å². The van der Waals surface area contributed by atoms with Crippen molar-refractivity contribution in [2.75, 3.05) is 85.1 Å². The van der Waals surface area contributed by atoms with Crippen LogP contribution in [0.1, 0.15) is 99.0 Å². The van der Waals surface area contributed by atoms with Crippen LogP contribution in [0.2, 0.25) is 0 Å². The van der Waals surface area contributed by atoms with Crippen molar-refractivity contribution < 1.29 is 54.9 Å². The highest BCUT2D eigenvalue weighted by Crippen LogP contribution is 2.56. The lowest BCUT2D eigenvalue weighted by Crippen LogP contribution is -2.52. The van der Waals surface area contributed by atoms with Crippen LogP contribution < -0.4 is 43.0 Å². The predicted molar refractivity (Wildman–Crippen MR) is 532 cm³/mol. The van der Waals surface area contributed by atoms with Gasteiger partial charge in [-0.25, -0.2) is 54.9 Å². The van der Waals surface area contributed by atoms with Gasteiger partial charge >= 0.3 is 0 Å². The molecular weight excluding hydrogens is 1890 g/mol. The quantitative estimate of drug-likeness (QED) is 0.0564. The van der Waals surface area contributed by atoms with E-state index in [1.54, 1.807) is 156 Å². The number of nitrogens with one attached hydrogen (secondary N) is 8. The summed E-state index contributed by atoms with van der Waals surface area (Å²) in [5.74, 6) is 1.97. The first kappa shape index (κ1) is 97.0. The normalized spacial score (nSPS) is 28.1. The molecule has 8 N–H and O–H groups in total. The summed E-state index contributed by atoms with van der Waals surface area (Å²) in [6, 6.07) is 38.8. The molecule has 1 aliphatic carbocycles. The first-order chi connectivity index (χ1) is 66.4. The number of benzene rings is 6. The van der Waals surface area contributed by atoms with E-state index in [1.807, 2.05) is 71.9 Å². The average molecular weight is 2010 g/mol. The summed E-state index contributed by atoms with van der Waals surface area (Å²) in [7, 11) is -21.6. The van der Waals surface area contributed by atoms with Crippen molar-refractivity contribution in [1.29, 1.82) is 0 Å². The van der Waals surface area contributed by atoms with E-state index in [9.17, 15) is 64.5 Å². The van der Waals surface area contributed by atoms with E-state index in [0.29, 0.717) is 111 Å². The molecule has 1 saturated carbocycles. The number of H-pyrrole nitrogens is 2. The second-order valence-corrected chi connectivity index (χ2v) is 51.6. The van der Waals surface area contributed by atoms with E-state index in [1.165, 1.54) is 28.7 Å². The molecule has 736 valence electrons. The number of aryl methyl sites for hydroxylation is 1. The fourth-order valence-corrected chi connectivity index (χ4v) is 37.3. The second kappa shape index (κ2) is 37.1. The second-order valence-electron chi connectivity index (χ2n) is 40.6. The molecule has 12 aromatic rings. The van der Waals surface area contributed by atoms with Crippen molar-refractivity contribution in [3.63, 3.8) is 0 Å². The molecule has 12 aliphatic heterocycles. The first-order valence-electron chi connectivity index (χ1n) is 48.1. The molecular formula is C100H119FN18O14S6. The number of halogens is 1. The van der Waals surface area contributed by atoms with E-state index in [2.05, 4.69) is 75.7 Å². The Labute approximate surface area is 810 Å². The SMILES string of the molecule is CC1(C)C2CNCC2CN1S(=O)(=O)c1cccc2cnccc12.CC1(C)C2NCCC2CN1S(=O)(=O)c1cccc2cnccc12.CC1C2NCCC2CN1S(=O)(=O)c1cccc2c(=O)[nH]cc(F)c12.CC1C2NCCC2CN1S(=O)(=O)c1cccc2c(=O)[nH]ccc12.Cc1cncc2cccc(S(=O)(=O)N3CC4CCNC4C3C)c12.O=S(=O)(c1cccc2cnccc12)N1CC2CCNC2C12CC2. The van der Waals surface area contributed by atoms with Gasteiger partial charge < -0.3 is 41.9 Å².